The number of pyridine rings is 1. The maximum Gasteiger partial charge on any atom is 0.295 e. The van der Waals surface area contributed by atoms with Crippen molar-refractivity contribution in [2.45, 2.75) is 50.1 Å². The number of fused-ring (bicyclic) bond motifs is 1. The molecule has 38 heavy (non-hydrogen) atoms. The Kier molecular flexibility index (Phi) is 6.75. The van der Waals surface area contributed by atoms with Crippen LogP contribution in [0.15, 0.2) is 40.5 Å². The fourth-order valence-electron chi connectivity index (χ4n) is 4.10. The van der Waals surface area contributed by atoms with E-state index < -0.39 is 10.0 Å². The van der Waals surface area contributed by atoms with E-state index in [1.165, 1.54) is 32.7 Å². The molecule has 2 N–H and O–H groups in total. The number of ether oxygens (including phenoxy) is 1. The summed E-state index contributed by atoms with van der Waals surface area (Å²) in [5.41, 5.74) is 2.45. The predicted molar refractivity (Wildman–Crippen MR) is 139 cm³/mol. The molecule has 0 unspecified atom stereocenters. The fraction of sp³-hybridized carbons (Fsp3) is 0.375. The molecular weight excluding hydrogens is 510 g/mol. The highest BCUT2D eigenvalue weighted by molar-refractivity contribution is 7.89. The van der Waals surface area contributed by atoms with Gasteiger partial charge in [0, 0.05) is 18.2 Å². The molecule has 0 bridgehead atoms. The number of nitrogens with one attached hydrogen (secondary N) is 2. The van der Waals surface area contributed by atoms with Crippen molar-refractivity contribution in [1.82, 2.24) is 39.2 Å². The molecular formula is C24H27N9O4S. The summed E-state index contributed by atoms with van der Waals surface area (Å²) < 4.78 is 33.1. The summed E-state index contributed by atoms with van der Waals surface area (Å²) in [5.74, 6) is 1.16. The zero-order valence-corrected chi connectivity index (χ0v) is 22.2. The van der Waals surface area contributed by atoms with E-state index in [0.29, 0.717) is 40.0 Å². The van der Waals surface area contributed by atoms with Crippen LogP contribution in [0.2, 0.25) is 0 Å². The van der Waals surface area contributed by atoms with Crippen LogP contribution in [-0.2, 0) is 16.6 Å². The first-order chi connectivity index (χ1) is 18.2. The van der Waals surface area contributed by atoms with Crippen molar-refractivity contribution in [3.63, 3.8) is 0 Å². The number of methoxy groups -OCH3 is 1. The summed E-state index contributed by atoms with van der Waals surface area (Å²) in [6, 6.07) is 2.79. The largest absolute Gasteiger partial charge is 0.480 e. The number of nitrogens with zero attached hydrogens (tertiary/aromatic N) is 7. The van der Waals surface area contributed by atoms with Crippen LogP contribution in [0.4, 0.5) is 5.82 Å². The van der Waals surface area contributed by atoms with Gasteiger partial charge in [0.15, 0.2) is 17.3 Å². The van der Waals surface area contributed by atoms with E-state index in [4.69, 9.17) is 9.72 Å². The van der Waals surface area contributed by atoms with Gasteiger partial charge < -0.3 is 10.1 Å². The molecule has 1 aliphatic carbocycles. The molecule has 0 amide bonds. The molecule has 0 radical (unpaired) electrons. The van der Waals surface area contributed by atoms with Crippen molar-refractivity contribution in [1.29, 1.82) is 0 Å². The van der Waals surface area contributed by atoms with Crippen LogP contribution in [0.1, 0.15) is 50.0 Å². The van der Waals surface area contributed by atoms with Crippen molar-refractivity contribution in [2.24, 2.45) is 0 Å². The third-order valence-corrected chi connectivity index (χ3v) is 7.58. The van der Waals surface area contributed by atoms with Crippen LogP contribution < -0.4 is 20.3 Å². The summed E-state index contributed by atoms with van der Waals surface area (Å²) in [5, 5.41) is 3.02. The van der Waals surface area contributed by atoms with Crippen molar-refractivity contribution >= 4 is 27.0 Å². The Balaban J connectivity index is 1.52. The van der Waals surface area contributed by atoms with Crippen LogP contribution in [0.3, 0.4) is 0 Å². The van der Waals surface area contributed by atoms with E-state index in [2.05, 4.69) is 35.0 Å². The van der Waals surface area contributed by atoms with Gasteiger partial charge in [0.2, 0.25) is 15.9 Å². The SMILES string of the molecule is CNS(=O)(=O)c1ccc(CNc2nc3cnc(-c4c(OC)ncnc4C4CC4)nc3n(C(C)C)c2=O)nc1. The van der Waals surface area contributed by atoms with E-state index in [1.807, 2.05) is 13.8 Å². The molecule has 1 saturated carbocycles. The number of aromatic nitrogens is 7. The predicted octanol–water partition coefficient (Wildman–Crippen LogP) is 2.03. The average molecular weight is 538 g/mol. The van der Waals surface area contributed by atoms with Gasteiger partial charge in [-0.1, -0.05) is 0 Å². The highest BCUT2D eigenvalue weighted by Crippen LogP contribution is 2.44. The summed E-state index contributed by atoms with van der Waals surface area (Å²) >= 11 is 0. The molecule has 1 fully saturated rings. The van der Waals surface area contributed by atoms with Gasteiger partial charge in [0.05, 0.1) is 31.2 Å². The standard InChI is InChI=1S/C24H27N9O4S/c1-13(2)33-22-17(11-28-20(32-22)18-19(14-5-6-14)29-12-30-23(18)37-4)31-21(24(33)34)27-9-15-7-8-16(10-26-15)38(35,36)25-3/h7-8,10-14,25H,5-6,9H2,1-4H3,(H,27,31). The van der Waals surface area contributed by atoms with Gasteiger partial charge >= 0.3 is 0 Å². The summed E-state index contributed by atoms with van der Waals surface area (Å²) in [6.07, 6.45) is 6.35. The molecule has 198 valence electrons. The molecule has 13 nitrogen and oxygen atoms in total. The Morgan fingerprint density at radius 3 is 2.53 bits per heavy atom. The minimum absolute atomic E-state index is 0.0491. The second kappa shape index (κ2) is 10.0. The van der Waals surface area contributed by atoms with E-state index in [1.54, 1.807) is 16.8 Å². The van der Waals surface area contributed by atoms with Crippen LogP contribution >= 0.6 is 0 Å². The third-order valence-electron chi connectivity index (χ3n) is 6.18. The molecule has 0 aliphatic heterocycles. The first-order valence-electron chi connectivity index (χ1n) is 12.0. The second-order valence-electron chi connectivity index (χ2n) is 9.10. The van der Waals surface area contributed by atoms with Crippen LogP contribution in [0.25, 0.3) is 22.6 Å². The van der Waals surface area contributed by atoms with Gasteiger partial charge in [-0.2, -0.15) is 0 Å². The third kappa shape index (κ3) is 4.79. The molecule has 4 aromatic heterocycles. The Labute approximate surface area is 218 Å². The van der Waals surface area contributed by atoms with Crippen LogP contribution in [0, 0.1) is 0 Å². The molecule has 0 atom stereocenters. The highest BCUT2D eigenvalue weighted by atomic mass is 32.2. The first-order valence-corrected chi connectivity index (χ1v) is 13.5. The molecule has 4 aromatic rings. The van der Waals surface area contributed by atoms with E-state index in [-0.39, 0.29) is 28.9 Å². The summed E-state index contributed by atoms with van der Waals surface area (Å²) in [4.78, 5) is 40.1. The summed E-state index contributed by atoms with van der Waals surface area (Å²) in [6.45, 7) is 3.93. The van der Waals surface area contributed by atoms with E-state index >= 15 is 0 Å². The molecule has 1 aliphatic rings. The van der Waals surface area contributed by atoms with Crippen molar-refractivity contribution in [3.8, 4) is 17.3 Å². The lowest BCUT2D eigenvalue weighted by Crippen LogP contribution is -2.27. The number of hydrogen-bond donors (Lipinski definition) is 2. The van der Waals surface area contributed by atoms with E-state index in [0.717, 1.165) is 18.5 Å². The van der Waals surface area contributed by atoms with Gasteiger partial charge in [0.25, 0.3) is 5.56 Å². The molecule has 0 aromatic carbocycles. The average Bonchev–Trinajstić information content (AvgIpc) is 3.77. The zero-order valence-electron chi connectivity index (χ0n) is 21.3. The number of sulfonamides is 1. The summed E-state index contributed by atoms with van der Waals surface area (Å²) in [7, 11) is -0.720. The lowest BCUT2D eigenvalue weighted by molar-refractivity contribution is 0.397. The van der Waals surface area contributed by atoms with E-state index in [9.17, 15) is 13.2 Å². The number of hydrogen-bond acceptors (Lipinski definition) is 11. The Hall–Kier alpha value is -4.04. The lowest BCUT2D eigenvalue weighted by Gasteiger charge is -2.16. The smallest absolute Gasteiger partial charge is 0.295 e. The molecule has 4 heterocycles. The topological polar surface area (TPSA) is 167 Å². The van der Waals surface area contributed by atoms with Gasteiger partial charge in [-0.3, -0.25) is 14.3 Å². The Morgan fingerprint density at radius 2 is 1.89 bits per heavy atom. The highest BCUT2D eigenvalue weighted by Gasteiger charge is 2.31. The van der Waals surface area contributed by atoms with Crippen LogP contribution in [-0.4, -0.2) is 57.0 Å². The van der Waals surface area contributed by atoms with Crippen LogP contribution in [0.5, 0.6) is 5.88 Å². The van der Waals surface area contributed by atoms with Gasteiger partial charge in [-0.25, -0.2) is 38.1 Å². The maximum atomic E-state index is 13.4. The Bertz CT molecular complexity index is 1670. The minimum Gasteiger partial charge on any atom is -0.480 e. The van der Waals surface area contributed by atoms with Crippen molar-refractivity contribution < 1.29 is 13.2 Å². The zero-order chi connectivity index (χ0) is 27.0. The molecule has 0 saturated heterocycles. The first kappa shape index (κ1) is 25.6. The number of rotatable bonds is 9. The number of anilines is 1. The lowest BCUT2D eigenvalue weighted by atomic mass is 10.1. The molecule has 0 spiro atoms. The van der Waals surface area contributed by atoms with Gasteiger partial charge in [-0.05, 0) is 45.9 Å². The molecule has 14 heteroatoms. The second-order valence-corrected chi connectivity index (χ2v) is 11.0. The van der Waals surface area contributed by atoms with Crippen molar-refractivity contribution in [3.05, 3.63) is 52.6 Å². The normalized spacial score (nSPS) is 13.7. The molecule has 5 rings (SSSR count). The van der Waals surface area contributed by atoms with Gasteiger partial charge in [-0.15, -0.1) is 0 Å². The minimum atomic E-state index is -3.59. The quantitative estimate of drug-likeness (QED) is 0.320. The fourth-order valence-corrected chi connectivity index (χ4v) is 4.77. The maximum absolute atomic E-state index is 13.4. The monoisotopic (exact) mass is 537 g/mol. The van der Waals surface area contributed by atoms with Gasteiger partial charge in [0.1, 0.15) is 22.3 Å². The van der Waals surface area contributed by atoms with Crippen molar-refractivity contribution in [2.75, 3.05) is 19.5 Å². The Morgan fingerprint density at radius 1 is 1.11 bits per heavy atom.